The maximum atomic E-state index is 11.5. The van der Waals surface area contributed by atoms with Crippen molar-refractivity contribution in [2.45, 2.75) is 19.3 Å². The van der Waals surface area contributed by atoms with E-state index in [0.717, 1.165) is 15.6 Å². The molecule has 20 heavy (non-hydrogen) atoms. The van der Waals surface area contributed by atoms with E-state index in [0.29, 0.717) is 17.1 Å². The van der Waals surface area contributed by atoms with Gasteiger partial charge in [-0.25, -0.2) is 0 Å². The van der Waals surface area contributed by atoms with Gasteiger partial charge in [0.1, 0.15) is 5.92 Å². The molecule has 1 unspecified atom stereocenters. The third kappa shape index (κ3) is 3.58. The molecule has 0 fully saturated rings. The first-order chi connectivity index (χ1) is 9.47. The van der Waals surface area contributed by atoms with Crippen molar-refractivity contribution in [3.63, 3.8) is 0 Å². The summed E-state index contributed by atoms with van der Waals surface area (Å²) in [5.41, 5.74) is 2.44. The van der Waals surface area contributed by atoms with Gasteiger partial charge >= 0.3 is 5.97 Å². The van der Waals surface area contributed by atoms with E-state index in [-0.39, 0.29) is 0 Å². The molecule has 0 spiro atoms. The van der Waals surface area contributed by atoms with E-state index < -0.39 is 11.9 Å². The van der Waals surface area contributed by atoms with Crippen molar-refractivity contribution < 1.29 is 9.90 Å². The number of carbonyl (C=O) groups is 1. The Hall–Kier alpha value is -1.39. The third-order valence-corrected chi connectivity index (χ3v) is 3.87. The summed E-state index contributed by atoms with van der Waals surface area (Å²) >= 11 is 9.23. The molecule has 1 aromatic heterocycles. The first kappa shape index (κ1) is 15.0. The largest absolute Gasteiger partial charge is 0.481 e. The summed E-state index contributed by atoms with van der Waals surface area (Å²) < 4.78 is 0.721. The number of aromatic nitrogens is 1. The maximum absolute atomic E-state index is 11.5. The summed E-state index contributed by atoms with van der Waals surface area (Å²) in [6.07, 6.45) is 2.05. The summed E-state index contributed by atoms with van der Waals surface area (Å²) in [6, 6.07) is 9.06. The number of halogens is 2. The zero-order valence-corrected chi connectivity index (χ0v) is 13.1. The highest BCUT2D eigenvalue weighted by atomic mass is 79.9. The van der Waals surface area contributed by atoms with Crippen LogP contribution in [0.25, 0.3) is 0 Å². The van der Waals surface area contributed by atoms with Gasteiger partial charge in [0.05, 0.1) is 5.69 Å². The zero-order chi connectivity index (χ0) is 14.7. The van der Waals surface area contributed by atoms with Gasteiger partial charge in [0.15, 0.2) is 0 Å². The number of rotatable bonds is 4. The molecule has 0 radical (unpaired) electrons. The Morgan fingerprint density at radius 2 is 2.05 bits per heavy atom. The van der Waals surface area contributed by atoms with E-state index in [1.165, 1.54) is 0 Å². The Bertz CT molecular complexity index is 628. The van der Waals surface area contributed by atoms with Crippen molar-refractivity contribution in [1.82, 2.24) is 4.98 Å². The van der Waals surface area contributed by atoms with Crippen LogP contribution < -0.4 is 0 Å². The molecule has 2 aromatic rings. The van der Waals surface area contributed by atoms with Crippen LogP contribution in [-0.4, -0.2) is 16.1 Å². The Kier molecular flexibility index (Phi) is 4.78. The van der Waals surface area contributed by atoms with Crippen molar-refractivity contribution in [1.29, 1.82) is 0 Å². The Labute approximate surface area is 130 Å². The van der Waals surface area contributed by atoms with Gasteiger partial charge in [0.25, 0.3) is 0 Å². The van der Waals surface area contributed by atoms with Crippen molar-refractivity contribution in [2.75, 3.05) is 0 Å². The third-order valence-electron chi connectivity index (χ3n) is 2.99. The molecule has 0 bridgehead atoms. The molecule has 1 N–H and O–H groups in total. The minimum absolute atomic E-state index is 0.376. The second kappa shape index (κ2) is 6.37. The van der Waals surface area contributed by atoms with Crippen LogP contribution in [0.3, 0.4) is 0 Å². The molecule has 104 valence electrons. The van der Waals surface area contributed by atoms with Crippen molar-refractivity contribution >= 4 is 33.5 Å². The van der Waals surface area contributed by atoms with E-state index in [2.05, 4.69) is 20.9 Å². The lowest BCUT2D eigenvalue weighted by Crippen LogP contribution is -2.16. The second-order valence-corrected chi connectivity index (χ2v) is 5.89. The normalized spacial score (nSPS) is 12.2. The molecular formula is C15H13BrClNO2. The smallest absolute Gasteiger partial charge is 0.312 e. The number of carboxylic acids is 1. The lowest BCUT2D eigenvalue weighted by Gasteiger charge is -2.14. The second-order valence-electron chi connectivity index (χ2n) is 4.60. The molecule has 0 aliphatic carbocycles. The minimum Gasteiger partial charge on any atom is -0.481 e. The summed E-state index contributed by atoms with van der Waals surface area (Å²) in [5.74, 6) is -1.58. The van der Waals surface area contributed by atoms with Gasteiger partial charge in [-0.1, -0.05) is 23.7 Å². The highest BCUT2D eigenvalue weighted by Gasteiger charge is 2.24. The van der Waals surface area contributed by atoms with Gasteiger partial charge in [0, 0.05) is 15.7 Å². The van der Waals surface area contributed by atoms with Gasteiger partial charge in [-0.15, -0.1) is 0 Å². The highest BCUT2D eigenvalue weighted by molar-refractivity contribution is 9.10. The molecule has 0 saturated heterocycles. The van der Waals surface area contributed by atoms with Crippen molar-refractivity contribution in [3.05, 3.63) is 62.8 Å². The summed E-state index contributed by atoms with van der Waals surface area (Å²) in [6.45, 7) is 1.91. The molecule has 0 amide bonds. The molecule has 0 aliphatic rings. The Morgan fingerprint density at radius 1 is 1.40 bits per heavy atom. The number of pyridine rings is 1. The molecule has 2 rings (SSSR count). The summed E-state index contributed by atoms with van der Waals surface area (Å²) in [7, 11) is 0. The standard InChI is InChI=1S/C15H13BrClNO2/c1-9-6-13(16)14(18-8-9)12(15(19)20)7-10-2-4-11(17)5-3-10/h2-6,8,12H,7H2,1H3,(H,19,20). The van der Waals surface area contributed by atoms with Crippen LogP contribution in [0.1, 0.15) is 22.7 Å². The first-order valence-corrected chi connectivity index (χ1v) is 7.24. The summed E-state index contributed by atoms with van der Waals surface area (Å²) in [5, 5.41) is 10.1. The van der Waals surface area contributed by atoms with Crippen LogP contribution >= 0.6 is 27.5 Å². The van der Waals surface area contributed by atoms with E-state index in [1.807, 2.05) is 25.1 Å². The fraction of sp³-hybridized carbons (Fsp3) is 0.200. The highest BCUT2D eigenvalue weighted by Crippen LogP contribution is 2.27. The van der Waals surface area contributed by atoms with Crippen LogP contribution in [0.5, 0.6) is 0 Å². The molecule has 0 aliphatic heterocycles. The van der Waals surface area contributed by atoms with Crippen LogP contribution in [-0.2, 0) is 11.2 Å². The van der Waals surface area contributed by atoms with E-state index in [9.17, 15) is 9.90 Å². The molecule has 3 nitrogen and oxygen atoms in total. The maximum Gasteiger partial charge on any atom is 0.312 e. The fourth-order valence-corrected chi connectivity index (χ4v) is 2.82. The molecule has 5 heteroatoms. The topological polar surface area (TPSA) is 50.2 Å². The SMILES string of the molecule is Cc1cnc(C(Cc2ccc(Cl)cc2)C(=O)O)c(Br)c1. The monoisotopic (exact) mass is 353 g/mol. The number of hydrogen-bond donors (Lipinski definition) is 1. The minimum atomic E-state index is -0.892. The molecule has 1 aromatic carbocycles. The number of hydrogen-bond acceptors (Lipinski definition) is 2. The Balaban J connectivity index is 2.31. The van der Waals surface area contributed by atoms with Crippen LogP contribution in [0.2, 0.25) is 5.02 Å². The van der Waals surface area contributed by atoms with Gasteiger partial charge in [-0.2, -0.15) is 0 Å². The molecular weight excluding hydrogens is 342 g/mol. The number of nitrogens with zero attached hydrogens (tertiary/aromatic N) is 1. The van der Waals surface area contributed by atoms with Crippen LogP contribution in [0.4, 0.5) is 0 Å². The average Bonchev–Trinajstić information content (AvgIpc) is 2.39. The van der Waals surface area contributed by atoms with Gasteiger partial charge in [0.2, 0.25) is 0 Å². The van der Waals surface area contributed by atoms with Crippen LogP contribution in [0, 0.1) is 6.92 Å². The van der Waals surface area contributed by atoms with Gasteiger partial charge in [-0.05, 0) is 58.6 Å². The van der Waals surface area contributed by atoms with Crippen molar-refractivity contribution in [3.8, 4) is 0 Å². The first-order valence-electron chi connectivity index (χ1n) is 6.06. The fourth-order valence-electron chi connectivity index (χ4n) is 1.96. The lowest BCUT2D eigenvalue weighted by molar-refractivity contribution is -0.138. The molecule has 1 atom stereocenters. The van der Waals surface area contributed by atoms with E-state index in [1.54, 1.807) is 18.3 Å². The number of carboxylic acid groups (broad SMARTS) is 1. The summed E-state index contributed by atoms with van der Waals surface area (Å²) in [4.78, 5) is 15.8. The predicted molar refractivity (Wildman–Crippen MR) is 82.2 cm³/mol. The number of benzene rings is 1. The number of aliphatic carboxylic acids is 1. The van der Waals surface area contributed by atoms with Crippen molar-refractivity contribution in [2.24, 2.45) is 0 Å². The van der Waals surface area contributed by atoms with E-state index in [4.69, 9.17) is 11.6 Å². The van der Waals surface area contributed by atoms with Gasteiger partial charge < -0.3 is 5.11 Å². The number of aryl methyl sites for hydroxylation is 1. The lowest BCUT2D eigenvalue weighted by atomic mass is 9.95. The Morgan fingerprint density at radius 3 is 2.60 bits per heavy atom. The molecule has 0 saturated carbocycles. The van der Waals surface area contributed by atoms with Crippen LogP contribution in [0.15, 0.2) is 41.0 Å². The molecule has 1 heterocycles. The predicted octanol–water partition coefficient (Wildman–Crippen LogP) is 4.22. The van der Waals surface area contributed by atoms with E-state index >= 15 is 0 Å². The zero-order valence-electron chi connectivity index (χ0n) is 10.8. The average molecular weight is 355 g/mol. The van der Waals surface area contributed by atoms with Gasteiger partial charge in [-0.3, -0.25) is 9.78 Å². The quantitative estimate of drug-likeness (QED) is 0.894.